The lowest BCUT2D eigenvalue weighted by molar-refractivity contribution is -0.126. The van der Waals surface area contributed by atoms with Crippen LogP contribution in [0.4, 0.5) is 0 Å². The van der Waals surface area contributed by atoms with E-state index < -0.39 is 0 Å². The number of nitrogens with one attached hydrogen (secondary N) is 2. The second-order valence-corrected chi connectivity index (χ2v) is 6.24. The van der Waals surface area contributed by atoms with E-state index in [0.717, 1.165) is 31.5 Å². The Balaban J connectivity index is 0.00000208. The van der Waals surface area contributed by atoms with Crippen molar-refractivity contribution in [2.24, 2.45) is 5.92 Å². The van der Waals surface area contributed by atoms with Gasteiger partial charge in [0, 0.05) is 5.92 Å². The van der Waals surface area contributed by atoms with E-state index >= 15 is 0 Å². The third-order valence-corrected chi connectivity index (χ3v) is 4.59. The van der Waals surface area contributed by atoms with Crippen LogP contribution in [0.15, 0.2) is 54.6 Å². The average molecular weight is 345 g/mol. The Hall–Kier alpha value is -1.84. The van der Waals surface area contributed by atoms with Crippen LogP contribution >= 0.6 is 12.4 Å². The normalized spacial score (nSPS) is 16.0. The molecule has 4 heteroatoms. The maximum atomic E-state index is 12.3. The summed E-state index contributed by atoms with van der Waals surface area (Å²) in [7, 11) is 0. The highest BCUT2D eigenvalue weighted by molar-refractivity contribution is 5.85. The maximum Gasteiger partial charge on any atom is 0.223 e. The molecule has 1 saturated heterocycles. The molecule has 0 aromatic heterocycles. The minimum absolute atomic E-state index is 0. The maximum absolute atomic E-state index is 12.3. The molecule has 1 unspecified atom stereocenters. The summed E-state index contributed by atoms with van der Waals surface area (Å²) in [6, 6.07) is 18.8. The third kappa shape index (κ3) is 4.59. The number of carbonyl (C=O) groups is 1. The third-order valence-electron chi connectivity index (χ3n) is 4.59. The van der Waals surface area contributed by atoms with Crippen molar-refractivity contribution in [1.29, 1.82) is 0 Å². The topological polar surface area (TPSA) is 41.1 Å². The summed E-state index contributed by atoms with van der Waals surface area (Å²) >= 11 is 0. The fourth-order valence-electron chi connectivity index (χ4n) is 3.09. The van der Waals surface area contributed by atoms with Gasteiger partial charge < -0.3 is 10.6 Å². The minimum atomic E-state index is 0. The predicted octanol–water partition coefficient (Wildman–Crippen LogP) is 3.95. The molecule has 2 aromatic carbocycles. The summed E-state index contributed by atoms with van der Waals surface area (Å²) in [4.78, 5) is 12.3. The van der Waals surface area contributed by atoms with Gasteiger partial charge in [0.15, 0.2) is 0 Å². The highest BCUT2D eigenvalue weighted by atomic mass is 35.5. The molecule has 24 heavy (non-hydrogen) atoms. The van der Waals surface area contributed by atoms with Crippen molar-refractivity contribution in [1.82, 2.24) is 10.6 Å². The number of amides is 1. The zero-order valence-electron chi connectivity index (χ0n) is 14.0. The Morgan fingerprint density at radius 1 is 1.00 bits per heavy atom. The standard InChI is InChI=1S/C20H24N2O.ClH/c1-15(22-20(23)19-11-13-21-14-12-19)16-7-9-18(10-8-16)17-5-3-2-4-6-17;/h2-10,15,19,21H,11-14H2,1H3,(H,22,23);1H. The fraction of sp³-hybridized carbons (Fsp3) is 0.350. The van der Waals surface area contributed by atoms with E-state index in [-0.39, 0.29) is 30.3 Å². The van der Waals surface area contributed by atoms with Gasteiger partial charge in [-0.15, -0.1) is 12.4 Å². The molecule has 1 aliphatic heterocycles. The first-order valence-corrected chi connectivity index (χ1v) is 8.40. The Morgan fingerprint density at radius 3 is 2.21 bits per heavy atom. The van der Waals surface area contributed by atoms with E-state index in [2.05, 4.69) is 54.0 Å². The van der Waals surface area contributed by atoms with Gasteiger partial charge >= 0.3 is 0 Å². The summed E-state index contributed by atoms with van der Waals surface area (Å²) in [6.45, 7) is 3.94. The van der Waals surface area contributed by atoms with Crippen molar-refractivity contribution in [3.8, 4) is 11.1 Å². The Morgan fingerprint density at radius 2 is 1.58 bits per heavy atom. The van der Waals surface area contributed by atoms with Crippen molar-refractivity contribution in [3.63, 3.8) is 0 Å². The van der Waals surface area contributed by atoms with E-state index in [1.165, 1.54) is 11.1 Å². The minimum Gasteiger partial charge on any atom is -0.349 e. The molecule has 3 rings (SSSR count). The number of halogens is 1. The zero-order chi connectivity index (χ0) is 16.1. The van der Waals surface area contributed by atoms with Crippen LogP contribution in [0.5, 0.6) is 0 Å². The van der Waals surface area contributed by atoms with Crippen LogP contribution in [0.2, 0.25) is 0 Å². The first-order chi connectivity index (χ1) is 11.2. The summed E-state index contributed by atoms with van der Waals surface area (Å²) in [6.07, 6.45) is 1.87. The summed E-state index contributed by atoms with van der Waals surface area (Å²) < 4.78 is 0. The monoisotopic (exact) mass is 344 g/mol. The summed E-state index contributed by atoms with van der Waals surface area (Å²) in [5, 5.41) is 6.45. The van der Waals surface area contributed by atoms with Gasteiger partial charge in [0.1, 0.15) is 0 Å². The molecule has 1 fully saturated rings. The first-order valence-electron chi connectivity index (χ1n) is 8.40. The van der Waals surface area contributed by atoms with Crippen LogP contribution in [-0.4, -0.2) is 19.0 Å². The molecule has 1 aliphatic rings. The molecule has 3 nitrogen and oxygen atoms in total. The van der Waals surface area contributed by atoms with E-state index in [4.69, 9.17) is 0 Å². The SMILES string of the molecule is CC(NC(=O)C1CCNCC1)c1ccc(-c2ccccc2)cc1.Cl. The molecule has 0 bridgehead atoms. The van der Waals surface area contributed by atoms with Crippen LogP contribution in [0.25, 0.3) is 11.1 Å². The first kappa shape index (κ1) is 18.5. The number of carbonyl (C=O) groups excluding carboxylic acids is 1. The van der Waals surface area contributed by atoms with Gasteiger partial charge in [0.25, 0.3) is 0 Å². The summed E-state index contributed by atoms with van der Waals surface area (Å²) in [5.41, 5.74) is 3.56. The second-order valence-electron chi connectivity index (χ2n) is 6.24. The van der Waals surface area contributed by atoms with Crippen molar-refractivity contribution in [3.05, 3.63) is 60.2 Å². The predicted molar refractivity (Wildman–Crippen MR) is 101 cm³/mol. The molecule has 0 saturated carbocycles. The lowest BCUT2D eigenvalue weighted by atomic mass is 9.96. The molecular weight excluding hydrogens is 320 g/mol. The highest BCUT2D eigenvalue weighted by Gasteiger charge is 2.22. The highest BCUT2D eigenvalue weighted by Crippen LogP contribution is 2.22. The molecular formula is C20H25ClN2O. The number of rotatable bonds is 4. The number of piperidine rings is 1. The van der Waals surface area contributed by atoms with Gasteiger partial charge in [0.2, 0.25) is 5.91 Å². The van der Waals surface area contributed by atoms with E-state index in [9.17, 15) is 4.79 Å². The van der Waals surface area contributed by atoms with Crippen LogP contribution < -0.4 is 10.6 Å². The molecule has 0 radical (unpaired) electrons. The zero-order valence-corrected chi connectivity index (χ0v) is 14.8. The van der Waals surface area contributed by atoms with Gasteiger partial charge in [-0.2, -0.15) is 0 Å². The van der Waals surface area contributed by atoms with Gasteiger partial charge in [0.05, 0.1) is 6.04 Å². The molecule has 0 aliphatic carbocycles. The lowest BCUT2D eigenvalue weighted by Crippen LogP contribution is -2.39. The smallest absolute Gasteiger partial charge is 0.223 e. The second kappa shape index (κ2) is 8.86. The Labute approximate surface area is 150 Å². The van der Waals surface area contributed by atoms with E-state index in [1.54, 1.807) is 0 Å². The Bertz CT molecular complexity index is 636. The van der Waals surface area contributed by atoms with Crippen LogP contribution in [0.3, 0.4) is 0 Å². The molecule has 1 heterocycles. The van der Waals surface area contributed by atoms with Crippen LogP contribution in [0.1, 0.15) is 31.4 Å². The summed E-state index contributed by atoms with van der Waals surface area (Å²) in [5.74, 6) is 0.341. The molecule has 2 N–H and O–H groups in total. The van der Waals surface area contributed by atoms with Gasteiger partial charge in [-0.1, -0.05) is 54.6 Å². The quantitative estimate of drug-likeness (QED) is 0.881. The van der Waals surface area contributed by atoms with E-state index in [1.807, 2.05) is 18.2 Å². The van der Waals surface area contributed by atoms with Gasteiger partial charge in [-0.3, -0.25) is 4.79 Å². The van der Waals surface area contributed by atoms with Crippen LogP contribution in [-0.2, 0) is 4.79 Å². The number of hydrogen-bond donors (Lipinski definition) is 2. The van der Waals surface area contributed by atoms with Crippen molar-refractivity contribution < 1.29 is 4.79 Å². The van der Waals surface area contributed by atoms with Gasteiger partial charge in [-0.05, 0) is 49.5 Å². The number of hydrogen-bond acceptors (Lipinski definition) is 2. The van der Waals surface area contributed by atoms with Crippen molar-refractivity contribution in [2.75, 3.05) is 13.1 Å². The number of benzene rings is 2. The van der Waals surface area contributed by atoms with Crippen molar-refractivity contribution >= 4 is 18.3 Å². The Kier molecular flexibility index (Phi) is 6.83. The fourth-order valence-corrected chi connectivity index (χ4v) is 3.09. The molecule has 128 valence electrons. The molecule has 1 atom stereocenters. The molecule has 1 amide bonds. The van der Waals surface area contributed by atoms with E-state index in [0.29, 0.717) is 0 Å². The van der Waals surface area contributed by atoms with Gasteiger partial charge in [-0.25, -0.2) is 0 Å². The van der Waals surface area contributed by atoms with Crippen LogP contribution in [0, 0.1) is 5.92 Å². The molecule has 2 aromatic rings. The lowest BCUT2D eigenvalue weighted by Gasteiger charge is -2.24. The average Bonchev–Trinajstić information content (AvgIpc) is 2.63. The largest absolute Gasteiger partial charge is 0.349 e. The molecule has 0 spiro atoms. The van der Waals surface area contributed by atoms with Crippen molar-refractivity contribution in [2.45, 2.75) is 25.8 Å².